The first-order valence-corrected chi connectivity index (χ1v) is 7.97. The molecule has 0 aliphatic carbocycles. The number of nitrogens with two attached hydrogens (primary N) is 1. The minimum Gasteiger partial charge on any atom is -0.394 e. The third kappa shape index (κ3) is 2.47. The number of aliphatic hydroxyl groups excluding tert-OH is 3. The van der Waals surface area contributed by atoms with Gasteiger partial charge in [-0.3, -0.25) is 14.3 Å². The minimum absolute atomic E-state index is 0.0239. The van der Waals surface area contributed by atoms with Gasteiger partial charge in [0.05, 0.1) is 6.61 Å². The number of nitrogens with one attached hydrogen (secondary N) is 1. The van der Waals surface area contributed by atoms with Crippen molar-refractivity contribution in [2.45, 2.75) is 24.5 Å². The number of H-pyrrole nitrogens is 1. The fourth-order valence-corrected chi connectivity index (χ4v) is 3.13. The number of fused-ring (bicyclic) bond motifs is 1. The summed E-state index contributed by atoms with van der Waals surface area (Å²) in [5.74, 6) is 0.203. The van der Waals surface area contributed by atoms with Crippen molar-refractivity contribution in [1.82, 2.24) is 19.5 Å². The number of hydrogen-bond acceptors (Lipinski definition) is 8. The van der Waals surface area contributed by atoms with Gasteiger partial charge in [-0.25, -0.2) is 4.98 Å². The van der Waals surface area contributed by atoms with Crippen LogP contribution in [0, 0.1) is 0 Å². The average Bonchev–Trinajstić information content (AvgIpc) is 3.14. The maximum Gasteiger partial charge on any atom is 0.280 e. The van der Waals surface area contributed by atoms with Gasteiger partial charge in [0.15, 0.2) is 17.4 Å². The quantitative estimate of drug-likeness (QED) is 0.397. The summed E-state index contributed by atoms with van der Waals surface area (Å²) < 4.78 is 7.03. The smallest absolute Gasteiger partial charge is 0.280 e. The highest BCUT2D eigenvalue weighted by Gasteiger charge is 2.45. The third-order valence-electron chi connectivity index (χ3n) is 4.37. The van der Waals surface area contributed by atoms with E-state index >= 15 is 0 Å². The number of aliphatic hydroxyl groups is 3. The van der Waals surface area contributed by atoms with Crippen LogP contribution in [0.15, 0.2) is 35.1 Å². The van der Waals surface area contributed by atoms with Crippen LogP contribution in [0.4, 0.5) is 5.95 Å². The van der Waals surface area contributed by atoms with E-state index in [1.807, 2.05) is 6.07 Å². The lowest BCUT2D eigenvalue weighted by Gasteiger charge is -2.19. The molecule has 0 bridgehead atoms. The first kappa shape index (κ1) is 16.7. The van der Waals surface area contributed by atoms with Gasteiger partial charge in [0.1, 0.15) is 24.1 Å². The van der Waals surface area contributed by atoms with Crippen molar-refractivity contribution in [3.05, 3.63) is 40.7 Å². The van der Waals surface area contributed by atoms with Crippen LogP contribution in [0.1, 0.15) is 6.23 Å². The summed E-state index contributed by atoms with van der Waals surface area (Å²) in [6.45, 7) is -0.474. The Morgan fingerprint density at radius 1 is 1.19 bits per heavy atom. The van der Waals surface area contributed by atoms with E-state index in [1.54, 1.807) is 24.3 Å². The Labute approximate surface area is 146 Å². The number of anilines is 1. The molecule has 1 aliphatic heterocycles. The van der Waals surface area contributed by atoms with Crippen LogP contribution in [0.25, 0.3) is 22.6 Å². The summed E-state index contributed by atoms with van der Waals surface area (Å²) in [6.07, 6.45) is -4.73. The zero-order valence-corrected chi connectivity index (χ0v) is 13.5. The highest BCUT2D eigenvalue weighted by Crippen LogP contribution is 2.35. The van der Waals surface area contributed by atoms with Crippen molar-refractivity contribution in [3.63, 3.8) is 0 Å². The molecule has 10 heteroatoms. The SMILES string of the molecule is Nc1nc2c(nc(-c3ccccc3)n2[C@@H]2O[C@H](CO)C(O)C2O)c(=O)[nH]1. The topological polar surface area (TPSA) is 160 Å². The van der Waals surface area contributed by atoms with Crippen molar-refractivity contribution in [2.75, 3.05) is 12.3 Å². The molecule has 2 aromatic heterocycles. The highest BCUT2D eigenvalue weighted by molar-refractivity contribution is 5.77. The van der Waals surface area contributed by atoms with Crippen LogP contribution in [-0.2, 0) is 4.74 Å². The number of imidazole rings is 1. The fraction of sp³-hybridized carbons (Fsp3) is 0.312. The van der Waals surface area contributed by atoms with E-state index in [1.165, 1.54) is 4.57 Å². The summed E-state index contributed by atoms with van der Waals surface area (Å²) in [5, 5.41) is 29.9. The second-order valence-electron chi connectivity index (χ2n) is 6.02. The molecule has 1 aromatic carbocycles. The first-order valence-electron chi connectivity index (χ1n) is 7.97. The summed E-state index contributed by atoms with van der Waals surface area (Å²) >= 11 is 0. The Balaban J connectivity index is 1.99. The molecule has 10 nitrogen and oxygen atoms in total. The van der Waals surface area contributed by atoms with E-state index in [0.29, 0.717) is 11.4 Å². The van der Waals surface area contributed by atoms with Crippen molar-refractivity contribution < 1.29 is 20.1 Å². The zero-order chi connectivity index (χ0) is 18.4. The van der Waals surface area contributed by atoms with Crippen LogP contribution in [-0.4, -0.2) is 59.8 Å². The molecule has 26 heavy (non-hydrogen) atoms. The van der Waals surface area contributed by atoms with E-state index in [2.05, 4.69) is 15.0 Å². The molecule has 0 radical (unpaired) electrons. The van der Waals surface area contributed by atoms with Gasteiger partial charge < -0.3 is 25.8 Å². The Hall–Kier alpha value is -2.79. The zero-order valence-electron chi connectivity index (χ0n) is 13.5. The van der Waals surface area contributed by atoms with E-state index < -0.39 is 36.7 Å². The van der Waals surface area contributed by atoms with E-state index in [4.69, 9.17) is 10.5 Å². The van der Waals surface area contributed by atoms with Crippen molar-refractivity contribution in [1.29, 1.82) is 0 Å². The summed E-state index contributed by atoms with van der Waals surface area (Å²) in [5.41, 5.74) is 5.91. The molecule has 3 aromatic rings. The number of rotatable bonds is 3. The van der Waals surface area contributed by atoms with Crippen LogP contribution < -0.4 is 11.3 Å². The van der Waals surface area contributed by atoms with Crippen molar-refractivity contribution in [2.24, 2.45) is 0 Å². The van der Waals surface area contributed by atoms with Gasteiger partial charge in [0, 0.05) is 5.56 Å². The molecule has 0 spiro atoms. The molecule has 2 unspecified atom stereocenters. The van der Waals surface area contributed by atoms with E-state index in [-0.39, 0.29) is 17.1 Å². The van der Waals surface area contributed by atoms with Gasteiger partial charge in [-0.05, 0) is 0 Å². The molecule has 0 amide bonds. The summed E-state index contributed by atoms with van der Waals surface area (Å²) in [7, 11) is 0. The van der Waals surface area contributed by atoms with E-state index in [0.717, 1.165) is 0 Å². The van der Waals surface area contributed by atoms with Crippen LogP contribution in [0.3, 0.4) is 0 Å². The molecule has 4 atom stereocenters. The second kappa shape index (κ2) is 6.18. The number of aromatic amines is 1. The van der Waals surface area contributed by atoms with Crippen LogP contribution >= 0.6 is 0 Å². The second-order valence-corrected chi connectivity index (χ2v) is 6.02. The number of benzene rings is 1. The Morgan fingerprint density at radius 2 is 1.92 bits per heavy atom. The Bertz CT molecular complexity index is 1000. The molecular formula is C16H17N5O5. The van der Waals surface area contributed by atoms with Gasteiger partial charge in [0.2, 0.25) is 5.95 Å². The van der Waals surface area contributed by atoms with E-state index in [9.17, 15) is 20.1 Å². The van der Waals surface area contributed by atoms with Gasteiger partial charge >= 0.3 is 0 Å². The van der Waals surface area contributed by atoms with Gasteiger partial charge in [-0.15, -0.1) is 0 Å². The third-order valence-corrected chi connectivity index (χ3v) is 4.37. The molecule has 4 rings (SSSR count). The molecule has 3 heterocycles. The average molecular weight is 359 g/mol. The highest BCUT2D eigenvalue weighted by atomic mass is 16.6. The predicted molar refractivity (Wildman–Crippen MR) is 91.0 cm³/mol. The Kier molecular flexibility index (Phi) is 3.96. The molecule has 0 saturated carbocycles. The minimum atomic E-state index is -1.35. The normalized spacial score (nSPS) is 25.8. The molecule has 1 saturated heterocycles. The number of aromatic nitrogens is 4. The molecule has 1 fully saturated rings. The van der Waals surface area contributed by atoms with Crippen LogP contribution in [0.2, 0.25) is 0 Å². The maximum absolute atomic E-state index is 12.2. The number of nitrogen functional groups attached to an aromatic ring is 1. The number of ether oxygens (including phenoxy) is 1. The lowest BCUT2D eigenvalue weighted by atomic mass is 10.1. The molecule has 6 N–H and O–H groups in total. The summed E-state index contributed by atoms with van der Waals surface area (Å²) in [4.78, 5) is 23.1. The summed E-state index contributed by atoms with van der Waals surface area (Å²) in [6, 6.07) is 8.96. The van der Waals surface area contributed by atoms with Gasteiger partial charge in [0.25, 0.3) is 5.56 Å². The van der Waals surface area contributed by atoms with Crippen molar-refractivity contribution >= 4 is 17.1 Å². The number of hydrogen-bond donors (Lipinski definition) is 5. The van der Waals surface area contributed by atoms with Crippen LogP contribution in [0.5, 0.6) is 0 Å². The largest absolute Gasteiger partial charge is 0.394 e. The monoisotopic (exact) mass is 359 g/mol. The lowest BCUT2D eigenvalue weighted by molar-refractivity contribution is -0.0503. The molecule has 1 aliphatic rings. The van der Waals surface area contributed by atoms with Gasteiger partial charge in [-0.1, -0.05) is 30.3 Å². The first-order chi connectivity index (χ1) is 12.5. The van der Waals surface area contributed by atoms with Crippen molar-refractivity contribution in [3.8, 4) is 11.4 Å². The van der Waals surface area contributed by atoms with Gasteiger partial charge in [-0.2, -0.15) is 4.98 Å². The fourth-order valence-electron chi connectivity index (χ4n) is 3.13. The lowest BCUT2D eigenvalue weighted by Crippen LogP contribution is -2.33. The standard InChI is InChI=1S/C16H17N5O5/c17-16-19-13-9(14(25)20-16)18-12(7-4-2-1-3-5-7)21(13)15-11(24)10(23)8(6-22)26-15/h1-5,8,10-11,15,22-24H,6H2,(H3,17,19,20,25)/t8-,10?,11?,15-/m1/s1. The Morgan fingerprint density at radius 3 is 2.58 bits per heavy atom. The molecule has 136 valence electrons. The number of nitrogens with zero attached hydrogens (tertiary/aromatic N) is 3. The predicted octanol–water partition coefficient (Wildman–Crippen LogP) is -1.02. The maximum atomic E-state index is 12.2. The molecular weight excluding hydrogens is 342 g/mol.